The van der Waals surface area contributed by atoms with Gasteiger partial charge in [0, 0.05) is 0 Å². The third kappa shape index (κ3) is 2.89. The second-order valence-corrected chi connectivity index (χ2v) is 6.10. The van der Waals surface area contributed by atoms with Gasteiger partial charge in [0.1, 0.15) is 0 Å². The molecule has 0 atom stereocenters. The van der Waals surface area contributed by atoms with Gasteiger partial charge in [0.15, 0.2) is 0 Å². The van der Waals surface area contributed by atoms with E-state index in [1.807, 2.05) is 42.5 Å². The SMILES string of the molecule is O=C1C=CC([Se]c2nnc(-c3ccccc3)o2)=CC1. The number of allylic oxidation sites excluding steroid dienone is 4. The molecule has 1 heterocycles. The summed E-state index contributed by atoms with van der Waals surface area (Å²) < 4.78 is 6.74. The van der Waals surface area contributed by atoms with Crippen molar-refractivity contribution in [3.8, 4) is 11.5 Å². The van der Waals surface area contributed by atoms with Gasteiger partial charge in [0.05, 0.1) is 0 Å². The second kappa shape index (κ2) is 5.34. The molecule has 0 amide bonds. The van der Waals surface area contributed by atoms with Gasteiger partial charge in [-0.05, 0) is 0 Å². The Kier molecular flexibility index (Phi) is 3.40. The van der Waals surface area contributed by atoms with Gasteiger partial charge in [0.2, 0.25) is 0 Å². The average molecular weight is 317 g/mol. The van der Waals surface area contributed by atoms with Crippen LogP contribution in [0.25, 0.3) is 11.5 Å². The van der Waals surface area contributed by atoms with Crippen LogP contribution in [0.4, 0.5) is 0 Å². The number of hydrogen-bond donors (Lipinski definition) is 0. The molecule has 0 saturated carbocycles. The molecule has 0 spiro atoms. The van der Waals surface area contributed by atoms with Crippen LogP contribution in [0.1, 0.15) is 6.42 Å². The topological polar surface area (TPSA) is 56.0 Å². The van der Waals surface area contributed by atoms with Crippen molar-refractivity contribution >= 4 is 25.5 Å². The molecule has 0 fully saturated rings. The van der Waals surface area contributed by atoms with Crippen LogP contribution in [-0.2, 0) is 4.79 Å². The molecule has 0 unspecified atom stereocenters. The fourth-order valence-electron chi connectivity index (χ4n) is 1.64. The zero-order chi connectivity index (χ0) is 13.1. The van der Waals surface area contributed by atoms with Gasteiger partial charge in [-0.2, -0.15) is 0 Å². The van der Waals surface area contributed by atoms with Crippen molar-refractivity contribution in [2.75, 3.05) is 0 Å². The van der Waals surface area contributed by atoms with Gasteiger partial charge in [-0.3, -0.25) is 0 Å². The first-order chi connectivity index (χ1) is 9.31. The van der Waals surface area contributed by atoms with Gasteiger partial charge in [-0.1, -0.05) is 0 Å². The molecule has 0 saturated heterocycles. The van der Waals surface area contributed by atoms with Gasteiger partial charge >= 0.3 is 116 Å². The fourth-order valence-corrected chi connectivity index (χ4v) is 3.12. The van der Waals surface area contributed by atoms with Crippen LogP contribution in [0.5, 0.6) is 0 Å². The molecule has 0 bridgehead atoms. The van der Waals surface area contributed by atoms with E-state index in [2.05, 4.69) is 10.2 Å². The standard InChI is InChI=1S/C14H10N2O2Se/c17-11-6-8-12(9-7-11)19-14-16-15-13(18-14)10-4-2-1-3-5-10/h1-6,8-9H,7H2. The second-order valence-electron chi connectivity index (χ2n) is 3.95. The Labute approximate surface area is 116 Å². The van der Waals surface area contributed by atoms with Crippen molar-refractivity contribution in [1.82, 2.24) is 10.2 Å². The number of nitrogens with zero attached hydrogens (tertiary/aromatic N) is 2. The van der Waals surface area contributed by atoms with E-state index >= 15 is 0 Å². The van der Waals surface area contributed by atoms with E-state index < -0.39 is 0 Å². The van der Waals surface area contributed by atoms with E-state index in [0.717, 1.165) is 10.0 Å². The Morgan fingerprint density at radius 3 is 2.68 bits per heavy atom. The summed E-state index contributed by atoms with van der Waals surface area (Å²) in [5.74, 6) is 0.670. The predicted molar refractivity (Wildman–Crippen MR) is 72.0 cm³/mol. The van der Waals surface area contributed by atoms with Gasteiger partial charge in [-0.15, -0.1) is 0 Å². The van der Waals surface area contributed by atoms with E-state index in [0.29, 0.717) is 17.1 Å². The van der Waals surface area contributed by atoms with E-state index in [1.54, 1.807) is 6.08 Å². The van der Waals surface area contributed by atoms with E-state index in [9.17, 15) is 4.79 Å². The molecule has 3 rings (SSSR count). The molecule has 5 heteroatoms. The summed E-state index contributed by atoms with van der Waals surface area (Å²) in [6.07, 6.45) is 5.83. The van der Waals surface area contributed by atoms with Crippen LogP contribution >= 0.6 is 0 Å². The Hall–Kier alpha value is -1.97. The molecule has 19 heavy (non-hydrogen) atoms. The quantitative estimate of drug-likeness (QED) is 0.805. The molecule has 1 aliphatic rings. The molecule has 94 valence electrons. The Morgan fingerprint density at radius 2 is 1.95 bits per heavy atom. The normalized spacial score (nSPS) is 14.5. The van der Waals surface area contributed by atoms with Crippen LogP contribution in [0.15, 0.2) is 57.4 Å². The first-order valence-electron chi connectivity index (χ1n) is 5.79. The average Bonchev–Trinajstić information content (AvgIpc) is 2.91. The first kappa shape index (κ1) is 12.1. The van der Waals surface area contributed by atoms with Crippen LogP contribution in [0, 0.1) is 0 Å². The van der Waals surface area contributed by atoms with Gasteiger partial charge in [-0.25, -0.2) is 0 Å². The zero-order valence-corrected chi connectivity index (χ0v) is 11.7. The summed E-state index contributed by atoms with van der Waals surface area (Å²) in [4.78, 5) is 11.7. The van der Waals surface area contributed by atoms with E-state index in [1.165, 1.54) is 0 Å². The van der Waals surface area contributed by atoms with Crippen molar-refractivity contribution < 1.29 is 9.21 Å². The van der Waals surface area contributed by atoms with Gasteiger partial charge in [0.25, 0.3) is 0 Å². The molecule has 1 aromatic heterocycles. The van der Waals surface area contributed by atoms with Crippen molar-refractivity contribution in [3.63, 3.8) is 0 Å². The zero-order valence-electron chi connectivity index (χ0n) is 9.95. The van der Waals surface area contributed by atoms with E-state index in [4.69, 9.17) is 4.42 Å². The number of carbonyl (C=O) groups is 1. The summed E-state index contributed by atoms with van der Waals surface area (Å²) in [7, 11) is 0. The fraction of sp³-hybridized carbons (Fsp3) is 0.0714. The Bertz CT molecular complexity index is 659. The van der Waals surface area contributed by atoms with Crippen molar-refractivity contribution in [2.45, 2.75) is 6.42 Å². The molecular formula is C14H10N2O2Se. The summed E-state index contributed by atoms with van der Waals surface area (Å²) in [6, 6.07) is 9.68. The number of rotatable bonds is 3. The monoisotopic (exact) mass is 318 g/mol. The van der Waals surface area contributed by atoms with E-state index in [-0.39, 0.29) is 20.7 Å². The number of carbonyl (C=O) groups excluding carboxylic acids is 1. The van der Waals surface area contributed by atoms with Crippen LogP contribution in [0.3, 0.4) is 0 Å². The maximum atomic E-state index is 11.1. The van der Waals surface area contributed by atoms with Crippen molar-refractivity contribution in [3.05, 3.63) is 53.0 Å². The minimum atomic E-state index is -0.0444. The Morgan fingerprint density at radius 1 is 1.11 bits per heavy atom. The number of benzene rings is 1. The third-order valence-electron chi connectivity index (χ3n) is 2.57. The molecule has 4 nitrogen and oxygen atoms in total. The first-order valence-corrected chi connectivity index (χ1v) is 7.50. The van der Waals surface area contributed by atoms with Gasteiger partial charge < -0.3 is 0 Å². The number of hydrogen-bond acceptors (Lipinski definition) is 4. The van der Waals surface area contributed by atoms with Crippen LogP contribution in [0.2, 0.25) is 0 Å². The Balaban J connectivity index is 1.76. The summed E-state index contributed by atoms with van der Waals surface area (Å²) in [5.41, 5.74) is 0.917. The number of ketones is 1. The molecule has 1 aromatic carbocycles. The molecule has 1 aliphatic carbocycles. The number of aromatic nitrogens is 2. The maximum absolute atomic E-state index is 11.1. The van der Waals surface area contributed by atoms with Crippen molar-refractivity contribution in [2.24, 2.45) is 0 Å². The molecule has 0 aliphatic heterocycles. The van der Waals surface area contributed by atoms with Crippen LogP contribution < -0.4 is 4.79 Å². The minimum absolute atomic E-state index is 0.0444. The molecule has 2 aromatic rings. The summed E-state index contributed by atoms with van der Waals surface area (Å²) in [5, 5.41) is 8.10. The van der Waals surface area contributed by atoms with Crippen LogP contribution in [-0.4, -0.2) is 30.9 Å². The van der Waals surface area contributed by atoms with Crippen molar-refractivity contribution in [1.29, 1.82) is 0 Å². The molecule has 0 radical (unpaired) electrons. The summed E-state index contributed by atoms with van der Waals surface area (Å²) in [6.45, 7) is 0. The predicted octanol–water partition coefficient (Wildman–Crippen LogP) is 1.48. The third-order valence-corrected chi connectivity index (χ3v) is 4.41. The summed E-state index contributed by atoms with van der Waals surface area (Å²) >= 11 is -0.0444. The molecular weight excluding hydrogens is 307 g/mol. The molecule has 0 N–H and O–H groups in total.